The van der Waals surface area contributed by atoms with Crippen molar-refractivity contribution in [3.63, 3.8) is 0 Å². The molecule has 1 fully saturated rings. The van der Waals surface area contributed by atoms with Gasteiger partial charge in [0, 0.05) is 26.3 Å². The summed E-state index contributed by atoms with van der Waals surface area (Å²) in [4.78, 5) is 6.28. The van der Waals surface area contributed by atoms with Crippen LogP contribution in [0.25, 0.3) is 0 Å². The molecule has 24 heavy (non-hydrogen) atoms. The first-order valence-corrected chi connectivity index (χ1v) is 9.26. The molecule has 3 heterocycles. The summed E-state index contributed by atoms with van der Waals surface area (Å²) in [6.07, 6.45) is 1.63. The molecule has 1 N–H and O–H groups in total. The molecule has 0 atom stereocenters. The summed E-state index contributed by atoms with van der Waals surface area (Å²) in [6, 6.07) is 3.36. The molecule has 0 spiro atoms. The highest BCUT2D eigenvalue weighted by molar-refractivity contribution is 7.93. The Labute approximate surface area is 145 Å². The number of halogens is 1. The second kappa shape index (κ2) is 6.58. The summed E-state index contributed by atoms with van der Waals surface area (Å²) < 4.78 is 34.8. The van der Waals surface area contributed by atoms with Crippen LogP contribution in [0, 0.1) is 6.92 Å². The third-order valence-electron chi connectivity index (χ3n) is 3.71. The van der Waals surface area contributed by atoms with Crippen molar-refractivity contribution in [2.45, 2.75) is 11.8 Å². The predicted molar refractivity (Wildman–Crippen MR) is 91.0 cm³/mol. The van der Waals surface area contributed by atoms with E-state index in [4.69, 9.17) is 16.3 Å². The van der Waals surface area contributed by atoms with E-state index in [9.17, 15) is 8.42 Å². The van der Waals surface area contributed by atoms with E-state index in [1.54, 1.807) is 32.3 Å². The molecule has 0 aliphatic carbocycles. The molecule has 2 aromatic heterocycles. The number of ether oxygens (including phenoxy) is 1. The first-order chi connectivity index (χ1) is 11.4. The fraction of sp³-hybridized carbons (Fsp3) is 0.429. The fourth-order valence-electron chi connectivity index (χ4n) is 2.62. The Balaban J connectivity index is 1.96. The highest BCUT2D eigenvalue weighted by Gasteiger charge is 2.27. The molecule has 0 amide bonds. The van der Waals surface area contributed by atoms with E-state index in [1.165, 1.54) is 4.68 Å². The Kier molecular flexibility index (Phi) is 4.66. The van der Waals surface area contributed by atoms with Crippen LogP contribution >= 0.6 is 11.6 Å². The molecule has 0 radical (unpaired) electrons. The average Bonchev–Trinajstić information content (AvgIpc) is 2.81. The number of sulfonamides is 1. The Bertz CT molecular complexity index is 846. The van der Waals surface area contributed by atoms with Crippen molar-refractivity contribution in [2.75, 3.05) is 35.9 Å². The van der Waals surface area contributed by atoms with E-state index in [2.05, 4.69) is 14.8 Å². The van der Waals surface area contributed by atoms with Gasteiger partial charge in [-0.25, -0.2) is 13.4 Å². The number of rotatable bonds is 4. The van der Waals surface area contributed by atoms with Gasteiger partial charge in [-0.15, -0.1) is 0 Å². The Hall–Kier alpha value is -1.84. The minimum atomic E-state index is -3.88. The summed E-state index contributed by atoms with van der Waals surface area (Å²) in [5.74, 6) is 0.571. The van der Waals surface area contributed by atoms with Gasteiger partial charge >= 0.3 is 0 Å². The zero-order valence-electron chi connectivity index (χ0n) is 13.4. The first-order valence-electron chi connectivity index (χ1n) is 7.40. The van der Waals surface area contributed by atoms with Gasteiger partial charge in [-0.3, -0.25) is 9.40 Å². The third kappa shape index (κ3) is 3.19. The topological polar surface area (TPSA) is 89.3 Å². The molecule has 3 rings (SSSR count). The highest BCUT2D eigenvalue weighted by atomic mass is 35.5. The maximum absolute atomic E-state index is 12.8. The summed E-state index contributed by atoms with van der Waals surface area (Å²) in [5.41, 5.74) is 0.741. The van der Waals surface area contributed by atoms with E-state index in [1.807, 2.05) is 4.90 Å². The van der Waals surface area contributed by atoms with Crippen LogP contribution in [-0.2, 0) is 21.8 Å². The monoisotopic (exact) mass is 371 g/mol. The van der Waals surface area contributed by atoms with E-state index in [0.717, 1.165) is 0 Å². The van der Waals surface area contributed by atoms with Crippen molar-refractivity contribution in [1.29, 1.82) is 0 Å². The number of pyridine rings is 1. The van der Waals surface area contributed by atoms with Crippen LogP contribution in [0.15, 0.2) is 23.2 Å². The van der Waals surface area contributed by atoms with Crippen LogP contribution in [0.2, 0.25) is 5.15 Å². The molecule has 0 aromatic carbocycles. The van der Waals surface area contributed by atoms with Crippen LogP contribution in [0.5, 0.6) is 0 Å². The Morgan fingerprint density at radius 3 is 2.67 bits per heavy atom. The number of morpholine rings is 1. The smallest absolute Gasteiger partial charge is 0.266 e. The van der Waals surface area contributed by atoms with Gasteiger partial charge in [-0.2, -0.15) is 5.10 Å². The lowest BCUT2D eigenvalue weighted by Gasteiger charge is -2.29. The summed E-state index contributed by atoms with van der Waals surface area (Å²) in [7, 11) is -2.28. The lowest BCUT2D eigenvalue weighted by molar-refractivity contribution is 0.122. The number of hydrogen-bond acceptors (Lipinski definition) is 6. The minimum Gasteiger partial charge on any atom is -0.378 e. The second-order valence-electron chi connectivity index (χ2n) is 5.41. The largest absolute Gasteiger partial charge is 0.378 e. The second-order valence-corrected chi connectivity index (χ2v) is 7.39. The van der Waals surface area contributed by atoms with Gasteiger partial charge in [0.25, 0.3) is 10.0 Å². The number of nitrogens with one attached hydrogen (secondary N) is 1. The fourth-order valence-corrected chi connectivity index (χ4v) is 4.43. The molecule has 8 nitrogen and oxygen atoms in total. The summed E-state index contributed by atoms with van der Waals surface area (Å²) >= 11 is 6.09. The molecule has 1 saturated heterocycles. The van der Waals surface area contributed by atoms with Crippen molar-refractivity contribution < 1.29 is 13.2 Å². The van der Waals surface area contributed by atoms with Crippen molar-refractivity contribution in [2.24, 2.45) is 7.05 Å². The molecular weight excluding hydrogens is 354 g/mol. The van der Waals surface area contributed by atoms with Gasteiger partial charge in [0.1, 0.15) is 10.0 Å². The third-order valence-corrected chi connectivity index (χ3v) is 5.77. The van der Waals surface area contributed by atoms with Crippen molar-refractivity contribution in [3.8, 4) is 0 Å². The van der Waals surface area contributed by atoms with Crippen molar-refractivity contribution in [1.82, 2.24) is 14.8 Å². The van der Waals surface area contributed by atoms with Crippen LogP contribution in [0.1, 0.15) is 5.69 Å². The van der Waals surface area contributed by atoms with Crippen LogP contribution in [-0.4, -0.2) is 49.5 Å². The summed E-state index contributed by atoms with van der Waals surface area (Å²) in [5, 5.41) is 4.12. The highest BCUT2D eigenvalue weighted by Crippen LogP contribution is 2.30. The number of nitrogens with zero attached hydrogens (tertiary/aromatic N) is 4. The van der Waals surface area contributed by atoms with Gasteiger partial charge in [0.2, 0.25) is 0 Å². The maximum Gasteiger partial charge on any atom is 0.266 e. The number of aryl methyl sites for hydroxylation is 2. The lowest BCUT2D eigenvalue weighted by atomic mass is 10.3. The van der Waals surface area contributed by atoms with E-state index in [0.29, 0.717) is 43.5 Å². The van der Waals surface area contributed by atoms with Crippen LogP contribution in [0.4, 0.5) is 11.5 Å². The first kappa shape index (κ1) is 17.0. The summed E-state index contributed by atoms with van der Waals surface area (Å²) in [6.45, 7) is 4.07. The normalized spacial score (nSPS) is 15.5. The standard InChI is InChI=1S/C14H18ClN5O3S/c1-10-12(13(15)19(2)17-10)24(21,22)18-11-4-3-5-16-14(11)20-6-8-23-9-7-20/h3-5,18H,6-9H2,1-2H3. The number of hydrogen-bond donors (Lipinski definition) is 1. The van der Waals surface area contributed by atoms with Gasteiger partial charge in [0.05, 0.1) is 24.6 Å². The van der Waals surface area contributed by atoms with Crippen LogP contribution < -0.4 is 9.62 Å². The lowest BCUT2D eigenvalue weighted by Crippen LogP contribution is -2.37. The molecule has 10 heteroatoms. The van der Waals surface area contributed by atoms with Crippen molar-refractivity contribution in [3.05, 3.63) is 29.2 Å². The maximum atomic E-state index is 12.8. The zero-order chi connectivity index (χ0) is 17.3. The van der Waals surface area contributed by atoms with Gasteiger partial charge < -0.3 is 9.64 Å². The molecule has 2 aromatic rings. The molecule has 1 aliphatic rings. The Morgan fingerprint density at radius 1 is 1.33 bits per heavy atom. The van der Waals surface area contributed by atoms with Crippen molar-refractivity contribution >= 4 is 33.1 Å². The van der Waals surface area contributed by atoms with Gasteiger partial charge in [-0.05, 0) is 19.1 Å². The zero-order valence-corrected chi connectivity index (χ0v) is 14.9. The van der Waals surface area contributed by atoms with E-state index >= 15 is 0 Å². The molecule has 0 saturated carbocycles. The van der Waals surface area contributed by atoms with Gasteiger partial charge in [-0.1, -0.05) is 11.6 Å². The molecule has 0 unspecified atom stereocenters. The van der Waals surface area contributed by atoms with Crippen LogP contribution in [0.3, 0.4) is 0 Å². The number of aromatic nitrogens is 3. The predicted octanol–water partition coefficient (Wildman–Crippen LogP) is 1.41. The number of anilines is 2. The molecular formula is C14H18ClN5O3S. The quantitative estimate of drug-likeness (QED) is 0.874. The minimum absolute atomic E-state index is 0.0246. The Morgan fingerprint density at radius 2 is 2.04 bits per heavy atom. The van der Waals surface area contributed by atoms with E-state index in [-0.39, 0.29) is 10.0 Å². The molecule has 1 aliphatic heterocycles. The molecule has 0 bridgehead atoms. The molecule has 130 valence electrons. The van der Waals surface area contributed by atoms with Gasteiger partial charge in [0.15, 0.2) is 5.82 Å². The average molecular weight is 372 g/mol. The van der Waals surface area contributed by atoms with E-state index < -0.39 is 10.0 Å². The SMILES string of the molecule is Cc1nn(C)c(Cl)c1S(=O)(=O)Nc1cccnc1N1CCOCC1.